The Hall–Kier alpha value is -0.750. The summed E-state index contributed by atoms with van der Waals surface area (Å²) >= 11 is 1.74. The molecule has 0 bridgehead atoms. The van der Waals surface area contributed by atoms with Crippen molar-refractivity contribution in [2.75, 3.05) is 5.75 Å². The predicted molar refractivity (Wildman–Crippen MR) is 50.9 cm³/mol. The van der Waals surface area contributed by atoms with Crippen molar-refractivity contribution in [1.29, 1.82) is 5.26 Å². The minimum absolute atomic E-state index is 0.246. The van der Waals surface area contributed by atoms with E-state index in [9.17, 15) is 0 Å². The molecule has 0 spiro atoms. The summed E-state index contributed by atoms with van der Waals surface area (Å²) in [6, 6.07) is 2.40. The van der Waals surface area contributed by atoms with E-state index in [1.807, 2.05) is 6.92 Å². The van der Waals surface area contributed by atoms with Crippen LogP contribution in [0.3, 0.4) is 0 Å². The molecule has 0 N–H and O–H groups in total. The normalized spacial score (nSPS) is 33.3. The first-order valence-corrected chi connectivity index (χ1v) is 5.05. The molecule has 2 nitrogen and oxygen atoms in total. The van der Waals surface area contributed by atoms with Gasteiger partial charge < -0.3 is 0 Å². The highest BCUT2D eigenvalue weighted by atomic mass is 32.2. The number of fused-ring (bicyclic) bond motifs is 1. The minimum Gasteiger partial charge on any atom is -0.250 e. The first kappa shape index (κ1) is 7.88. The number of hydrogen-bond acceptors (Lipinski definition) is 3. The average molecular weight is 178 g/mol. The number of thioether (sulfide) groups is 1. The van der Waals surface area contributed by atoms with Crippen LogP contribution < -0.4 is 0 Å². The Kier molecular flexibility index (Phi) is 1.73. The largest absolute Gasteiger partial charge is 0.250 e. The van der Waals surface area contributed by atoms with Gasteiger partial charge in [-0.2, -0.15) is 5.26 Å². The Labute approximate surface area is 76.4 Å². The fourth-order valence-corrected chi connectivity index (χ4v) is 2.93. The van der Waals surface area contributed by atoms with Gasteiger partial charge in [-0.05, 0) is 19.8 Å². The molecule has 3 heteroatoms. The van der Waals surface area contributed by atoms with Gasteiger partial charge in [0.2, 0.25) is 0 Å². The van der Waals surface area contributed by atoms with E-state index < -0.39 is 0 Å². The number of hydrogen-bond donors (Lipinski definition) is 0. The van der Waals surface area contributed by atoms with Crippen LogP contribution in [0.5, 0.6) is 0 Å². The molecule has 12 heavy (non-hydrogen) atoms. The van der Waals surface area contributed by atoms with Gasteiger partial charge in [-0.25, -0.2) is 4.99 Å². The van der Waals surface area contributed by atoms with Crippen molar-refractivity contribution in [3.8, 4) is 6.07 Å². The highest BCUT2D eigenvalue weighted by Gasteiger charge is 2.41. The van der Waals surface area contributed by atoms with E-state index in [1.165, 1.54) is 0 Å². The highest BCUT2D eigenvalue weighted by molar-refractivity contribution is 8.14. The van der Waals surface area contributed by atoms with E-state index in [4.69, 9.17) is 5.26 Å². The van der Waals surface area contributed by atoms with Crippen LogP contribution in [0.4, 0.5) is 0 Å². The summed E-state index contributed by atoms with van der Waals surface area (Å²) in [5.74, 6) is 1.05. The maximum Gasteiger partial charge on any atom is 0.110 e. The van der Waals surface area contributed by atoms with Crippen LogP contribution in [0.15, 0.2) is 16.8 Å². The van der Waals surface area contributed by atoms with E-state index in [0.717, 1.165) is 29.3 Å². The topological polar surface area (TPSA) is 36.1 Å². The maximum atomic E-state index is 9.06. The summed E-state index contributed by atoms with van der Waals surface area (Å²) in [7, 11) is 0. The highest BCUT2D eigenvalue weighted by Crippen LogP contribution is 2.44. The molecular formula is C9H10N2S. The molecule has 1 unspecified atom stereocenters. The summed E-state index contributed by atoms with van der Waals surface area (Å²) in [6.07, 6.45) is 3.90. The summed E-state index contributed by atoms with van der Waals surface area (Å²) in [5, 5.41) is 10.1. The molecule has 2 aliphatic rings. The molecule has 0 radical (unpaired) electrons. The lowest BCUT2D eigenvalue weighted by Gasteiger charge is -2.22. The molecule has 0 aliphatic carbocycles. The summed E-state index contributed by atoms with van der Waals surface area (Å²) in [4.78, 5) is 4.41. The molecule has 1 fully saturated rings. The van der Waals surface area contributed by atoms with Crippen molar-refractivity contribution in [1.82, 2.24) is 0 Å². The van der Waals surface area contributed by atoms with Gasteiger partial charge in [-0.3, -0.25) is 0 Å². The molecule has 1 saturated heterocycles. The minimum atomic E-state index is -0.246. The van der Waals surface area contributed by atoms with Crippen molar-refractivity contribution >= 4 is 16.8 Å². The fourth-order valence-electron chi connectivity index (χ4n) is 1.57. The van der Waals surface area contributed by atoms with E-state index in [1.54, 1.807) is 11.8 Å². The second kappa shape index (κ2) is 2.63. The van der Waals surface area contributed by atoms with Crippen LogP contribution in [0, 0.1) is 16.7 Å². The number of nitriles is 1. The lowest BCUT2D eigenvalue weighted by Crippen LogP contribution is -2.24. The monoisotopic (exact) mass is 178 g/mol. The van der Waals surface area contributed by atoms with Crippen molar-refractivity contribution in [3.05, 3.63) is 11.8 Å². The Morgan fingerprint density at radius 2 is 2.58 bits per heavy atom. The molecule has 62 valence electrons. The first-order valence-electron chi connectivity index (χ1n) is 4.07. The first-order chi connectivity index (χ1) is 5.77. The van der Waals surface area contributed by atoms with Gasteiger partial charge in [0.15, 0.2) is 0 Å². The lowest BCUT2D eigenvalue weighted by atomic mass is 9.83. The van der Waals surface area contributed by atoms with Crippen LogP contribution in [-0.4, -0.2) is 10.8 Å². The smallest absolute Gasteiger partial charge is 0.110 e. The van der Waals surface area contributed by atoms with Crippen LogP contribution in [0.1, 0.15) is 19.8 Å². The molecule has 1 atom stereocenters. The van der Waals surface area contributed by atoms with E-state index >= 15 is 0 Å². The third-order valence-electron chi connectivity index (χ3n) is 2.41. The van der Waals surface area contributed by atoms with Gasteiger partial charge >= 0.3 is 0 Å². The Balaban J connectivity index is 2.40. The summed E-state index contributed by atoms with van der Waals surface area (Å²) in [5.41, 5.74) is 0.815. The number of allylic oxidation sites excluding steroid dienone is 2. The average Bonchev–Trinajstić information content (AvgIpc) is 2.48. The summed E-state index contributed by atoms with van der Waals surface area (Å²) in [6.45, 7) is 1.99. The standard InChI is InChI=1S/C9H10N2S/c1-7-2-3-9(6-10)4-5-12-8(9)11-7/h2H,3-5H2,1H3. The Morgan fingerprint density at radius 1 is 1.75 bits per heavy atom. The summed E-state index contributed by atoms with van der Waals surface area (Å²) < 4.78 is 0. The molecule has 0 saturated carbocycles. The van der Waals surface area contributed by atoms with Crippen molar-refractivity contribution in [2.45, 2.75) is 19.8 Å². The van der Waals surface area contributed by atoms with Gasteiger partial charge in [0, 0.05) is 11.4 Å². The van der Waals surface area contributed by atoms with Crippen LogP contribution in [0.2, 0.25) is 0 Å². The zero-order valence-corrected chi connectivity index (χ0v) is 7.82. The molecule has 2 heterocycles. The van der Waals surface area contributed by atoms with E-state index in [-0.39, 0.29) is 5.41 Å². The molecule has 2 aliphatic heterocycles. The molecule has 2 rings (SSSR count). The Morgan fingerprint density at radius 3 is 3.33 bits per heavy atom. The molecule has 0 amide bonds. The molecule has 0 aromatic rings. The van der Waals surface area contributed by atoms with Gasteiger partial charge in [0.1, 0.15) is 5.41 Å². The number of nitrogens with zero attached hydrogens (tertiary/aromatic N) is 2. The molecular weight excluding hydrogens is 168 g/mol. The van der Waals surface area contributed by atoms with Crippen molar-refractivity contribution in [2.24, 2.45) is 10.4 Å². The third-order valence-corrected chi connectivity index (χ3v) is 3.58. The fraction of sp³-hybridized carbons (Fsp3) is 0.556. The third kappa shape index (κ3) is 0.987. The number of aliphatic imine (C=N–C) groups is 1. The SMILES string of the molecule is CC1=CCC2(C#N)CCSC2=N1. The van der Waals surface area contributed by atoms with Gasteiger partial charge in [-0.15, -0.1) is 11.8 Å². The van der Waals surface area contributed by atoms with Crippen LogP contribution in [-0.2, 0) is 0 Å². The van der Waals surface area contributed by atoms with Gasteiger partial charge in [0.05, 0.1) is 11.1 Å². The van der Waals surface area contributed by atoms with Gasteiger partial charge in [0.25, 0.3) is 0 Å². The van der Waals surface area contributed by atoms with E-state index in [0.29, 0.717) is 0 Å². The zero-order chi connectivity index (χ0) is 8.60. The Bertz CT molecular complexity index is 311. The quantitative estimate of drug-likeness (QED) is 0.570. The van der Waals surface area contributed by atoms with Crippen LogP contribution >= 0.6 is 11.8 Å². The van der Waals surface area contributed by atoms with Crippen molar-refractivity contribution in [3.63, 3.8) is 0 Å². The van der Waals surface area contributed by atoms with E-state index in [2.05, 4.69) is 17.1 Å². The predicted octanol–water partition coefficient (Wildman–Crippen LogP) is 2.34. The zero-order valence-electron chi connectivity index (χ0n) is 7.00. The second-order valence-corrected chi connectivity index (χ2v) is 4.34. The second-order valence-electron chi connectivity index (χ2n) is 3.26. The van der Waals surface area contributed by atoms with Crippen LogP contribution in [0.25, 0.3) is 0 Å². The lowest BCUT2D eigenvalue weighted by molar-refractivity contribution is 0.550. The van der Waals surface area contributed by atoms with Crippen molar-refractivity contribution < 1.29 is 0 Å². The maximum absolute atomic E-state index is 9.06. The van der Waals surface area contributed by atoms with Gasteiger partial charge in [-0.1, -0.05) is 6.08 Å². The molecule has 0 aromatic carbocycles. The number of rotatable bonds is 0. The molecule has 0 aromatic heterocycles.